The van der Waals surface area contributed by atoms with Crippen molar-refractivity contribution < 1.29 is 14.3 Å². The molecular weight excluding hydrogens is 362 g/mol. The summed E-state index contributed by atoms with van der Waals surface area (Å²) in [4.78, 5) is 30.3. The molecule has 2 amide bonds. The molecule has 0 aliphatic carbocycles. The van der Waals surface area contributed by atoms with Gasteiger partial charge in [0, 0.05) is 13.0 Å². The minimum atomic E-state index is -0.513. The fourth-order valence-electron chi connectivity index (χ4n) is 2.76. The van der Waals surface area contributed by atoms with Crippen LogP contribution < -0.4 is 10.5 Å². The number of amidine groups is 1. The topological polar surface area (TPSA) is 85.0 Å². The van der Waals surface area contributed by atoms with Gasteiger partial charge in [0.2, 0.25) is 11.8 Å². The van der Waals surface area contributed by atoms with Gasteiger partial charge in [-0.3, -0.25) is 14.5 Å². The van der Waals surface area contributed by atoms with Crippen molar-refractivity contribution in [3.05, 3.63) is 60.2 Å². The summed E-state index contributed by atoms with van der Waals surface area (Å²) in [5.74, 6) is 0.179. The van der Waals surface area contributed by atoms with Gasteiger partial charge in [0.15, 0.2) is 5.17 Å². The Labute approximate surface area is 162 Å². The summed E-state index contributed by atoms with van der Waals surface area (Å²) < 4.78 is 5.17. The molecule has 1 saturated heterocycles. The van der Waals surface area contributed by atoms with Gasteiger partial charge in [-0.15, -0.1) is 0 Å². The van der Waals surface area contributed by atoms with Gasteiger partial charge in [0.25, 0.3) is 0 Å². The molecule has 0 unspecified atom stereocenters. The molecule has 2 aromatic carbocycles. The molecule has 3 rings (SSSR count). The Hall–Kier alpha value is -2.80. The second kappa shape index (κ2) is 8.73. The average Bonchev–Trinajstić information content (AvgIpc) is 2.95. The van der Waals surface area contributed by atoms with Crippen molar-refractivity contribution in [2.45, 2.75) is 18.1 Å². The summed E-state index contributed by atoms with van der Waals surface area (Å²) in [6, 6.07) is 17.2. The van der Waals surface area contributed by atoms with E-state index in [1.165, 1.54) is 11.8 Å². The Bertz CT molecular complexity index is 837. The zero-order chi connectivity index (χ0) is 19.2. The van der Waals surface area contributed by atoms with Gasteiger partial charge < -0.3 is 10.5 Å². The fourth-order valence-corrected chi connectivity index (χ4v) is 3.96. The quantitative estimate of drug-likeness (QED) is 0.797. The predicted octanol–water partition coefficient (Wildman–Crippen LogP) is 2.74. The van der Waals surface area contributed by atoms with E-state index in [0.717, 1.165) is 17.0 Å². The van der Waals surface area contributed by atoms with E-state index in [2.05, 4.69) is 4.99 Å². The third kappa shape index (κ3) is 4.89. The summed E-state index contributed by atoms with van der Waals surface area (Å²) in [6.07, 6.45) is 0.684. The first-order chi connectivity index (χ1) is 13.1. The molecule has 1 atom stereocenters. The third-order valence-electron chi connectivity index (χ3n) is 4.17. The number of thioether (sulfide) groups is 1. The van der Waals surface area contributed by atoms with Gasteiger partial charge in [0.1, 0.15) is 11.0 Å². The molecule has 1 fully saturated rings. The molecule has 2 aromatic rings. The molecule has 140 valence electrons. The average molecular weight is 383 g/mol. The summed E-state index contributed by atoms with van der Waals surface area (Å²) in [7, 11) is 1.63. The van der Waals surface area contributed by atoms with Crippen LogP contribution in [0.25, 0.3) is 0 Å². The lowest BCUT2D eigenvalue weighted by Crippen LogP contribution is -2.35. The molecular formula is C20H21N3O3S. The molecule has 1 aliphatic heterocycles. The smallest absolute Gasteiger partial charge is 0.242 e. The molecule has 6 nitrogen and oxygen atoms in total. The number of ether oxygens (including phenoxy) is 1. The van der Waals surface area contributed by atoms with Gasteiger partial charge in [-0.1, -0.05) is 42.1 Å². The molecule has 7 heteroatoms. The summed E-state index contributed by atoms with van der Waals surface area (Å²) in [5, 5.41) is 0.0896. The van der Waals surface area contributed by atoms with E-state index in [4.69, 9.17) is 10.5 Å². The second-order valence-corrected chi connectivity index (χ2v) is 7.26. The number of nitrogens with zero attached hydrogens (tertiary/aromatic N) is 2. The number of rotatable bonds is 7. The summed E-state index contributed by atoms with van der Waals surface area (Å²) in [6.45, 7) is 0.485. The van der Waals surface area contributed by atoms with E-state index in [0.29, 0.717) is 18.1 Å². The molecule has 0 aromatic heterocycles. The lowest BCUT2D eigenvalue weighted by molar-refractivity contribution is -0.128. The molecule has 0 saturated carbocycles. The number of hydrogen-bond acceptors (Lipinski definition) is 5. The molecule has 1 heterocycles. The molecule has 0 spiro atoms. The first-order valence-corrected chi connectivity index (χ1v) is 9.48. The van der Waals surface area contributed by atoms with Crippen molar-refractivity contribution in [3.8, 4) is 5.75 Å². The largest absolute Gasteiger partial charge is 0.497 e. The highest BCUT2D eigenvalue weighted by Crippen LogP contribution is 2.31. The van der Waals surface area contributed by atoms with Gasteiger partial charge in [-0.25, -0.2) is 4.99 Å². The molecule has 27 heavy (non-hydrogen) atoms. The van der Waals surface area contributed by atoms with E-state index in [9.17, 15) is 9.59 Å². The van der Waals surface area contributed by atoms with E-state index < -0.39 is 11.2 Å². The van der Waals surface area contributed by atoms with Crippen LogP contribution in [-0.2, 0) is 16.0 Å². The van der Waals surface area contributed by atoms with Gasteiger partial charge in [0.05, 0.1) is 12.8 Å². The highest BCUT2D eigenvalue weighted by atomic mass is 32.2. The van der Waals surface area contributed by atoms with E-state index in [-0.39, 0.29) is 12.3 Å². The molecule has 0 bridgehead atoms. The number of carbonyl (C=O) groups is 2. The van der Waals surface area contributed by atoms with E-state index in [1.54, 1.807) is 12.0 Å². The highest BCUT2D eigenvalue weighted by molar-refractivity contribution is 8.15. The van der Waals surface area contributed by atoms with Gasteiger partial charge in [-0.2, -0.15) is 0 Å². The first kappa shape index (κ1) is 19.0. The number of aliphatic imine (C=N–C) groups is 1. The van der Waals surface area contributed by atoms with Gasteiger partial charge >= 0.3 is 0 Å². The van der Waals surface area contributed by atoms with E-state index in [1.807, 2.05) is 54.6 Å². The minimum absolute atomic E-state index is 0.0103. The summed E-state index contributed by atoms with van der Waals surface area (Å²) >= 11 is 1.30. The third-order valence-corrected chi connectivity index (χ3v) is 5.35. The maximum absolute atomic E-state index is 12.8. The van der Waals surface area contributed by atoms with Crippen LogP contribution in [0.3, 0.4) is 0 Å². The van der Waals surface area contributed by atoms with Crippen LogP contribution in [-0.4, -0.2) is 40.8 Å². The lowest BCUT2D eigenvalue weighted by atomic mass is 10.1. The van der Waals surface area contributed by atoms with Crippen LogP contribution in [0.2, 0.25) is 0 Å². The van der Waals surface area contributed by atoms with Crippen molar-refractivity contribution in [1.29, 1.82) is 0 Å². The maximum Gasteiger partial charge on any atom is 0.242 e. The number of hydrogen-bond donors (Lipinski definition) is 1. The normalized spacial score (nSPS) is 18.1. The number of benzene rings is 2. The van der Waals surface area contributed by atoms with E-state index >= 15 is 0 Å². The molecule has 2 N–H and O–H groups in total. The van der Waals surface area contributed by atoms with Crippen molar-refractivity contribution >= 4 is 34.4 Å². The van der Waals surface area contributed by atoms with Crippen molar-refractivity contribution in [1.82, 2.24) is 4.90 Å². The SMILES string of the molecule is COc1ccc(CCN2C(=O)[C@@H](CC(N)=O)SC2=Nc2ccccc2)cc1. The predicted molar refractivity (Wildman–Crippen MR) is 107 cm³/mol. The maximum atomic E-state index is 12.8. The number of methoxy groups -OCH3 is 1. The van der Waals surface area contributed by atoms with Crippen LogP contribution in [0.4, 0.5) is 5.69 Å². The standard InChI is InChI=1S/C20H21N3O3S/c1-26-16-9-7-14(8-10-16)11-12-23-19(25)17(13-18(21)24)27-20(23)22-15-5-3-2-4-6-15/h2-10,17H,11-13H2,1H3,(H2,21,24)/t17-/m1/s1. The van der Waals surface area contributed by atoms with Crippen LogP contribution in [0.5, 0.6) is 5.75 Å². The zero-order valence-electron chi connectivity index (χ0n) is 15.0. The fraction of sp³-hybridized carbons (Fsp3) is 0.250. The van der Waals surface area contributed by atoms with Crippen molar-refractivity contribution in [2.75, 3.05) is 13.7 Å². The van der Waals surface area contributed by atoms with Crippen LogP contribution >= 0.6 is 11.8 Å². The Morgan fingerprint density at radius 1 is 1.19 bits per heavy atom. The lowest BCUT2D eigenvalue weighted by Gasteiger charge is -2.16. The summed E-state index contributed by atoms with van der Waals surface area (Å²) in [5.41, 5.74) is 7.15. The van der Waals surface area contributed by atoms with Gasteiger partial charge in [-0.05, 0) is 36.2 Å². The van der Waals surface area contributed by atoms with Crippen molar-refractivity contribution in [3.63, 3.8) is 0 Å². The number of para-hydroxylation sites is 1. The van der Waals surface area contributed by atoms with Crippen LogP contribution in [0.15, 0.2) is 59.6 Å². The first-order valence-electron chi connectivity index (χ1n) is 8.60. The molecule has 0 radical (unpaired) electrons. The highest BCUT2D eigenvalue weighted by Gasteiger charge is 2.38. The number of nitrogens with two attached hydrogens (primary N) is 1. The Kier molecular flexibility index (Phi) is 6.13. The number of primary amides is 1. The Morgan fingerprint density at radius 2 is 1.89 bits per heavy atom. The van der Waals surface area contributed by atoms with Crippen LogP contribution in [0, 0.1) is 0 Å². The number of carbonyl (C=O) groups excluding carboxylic acids is 2. The zero-order valence-corrected chi connectivity index (χ0v) is 15.8. The molecule has 1 aliphatic rings. The van der Waals surface area contributed by atoms with Crippen molar-refractivity contribution in [2.24, 2.45) is 10.7 Å². The number of amides is 2. The second-order valence-electron chi connectivity index (χ2n) is 6.09. The van der Waals surface area contributed by atoms with Crippen LogP contribution in [0.1, 0.15) is 12.0 Å². The Morgan fingerprint density at radius 3 is 2.52 bits per heavy atom. The monoisotopic (exact) mass is 383 g/mol. The minimum Gasteiger partial charge on any atom is -0.497 e. The Balaban J connectivity index is 1.78.